The predicted octanol–water partition coefficient (Wildman–Crippen LogP) is 3.07. The van der Waals surface area contributed by atoms with Crippen LogP contribution in [-0.2, 0) is 14.8 Å². The lowest BCUT2D eigenvalue weighted by Gasteiger charge is -2.24. The molecule has 8 heteroatoms. The van der Waals surface area contributed by atoms with E-state index in [4.69, 9.17) is 9.47 Å². The quantitative estimate of drug-likeness (QED) is 0.744. The number of rotatable bonds is 5. The number of benzene rings is 1. The highest BCUT2D eigenvalue weighted by molar-refractivity contribution is 7.89. The molecule has 0 radical (unpaired) electrons. The number of carbonyl (C=O) groups excluding carboxylic acids is 1. The third-order valence-electron chi connectivity index (χ3n) is 4.27. The number of nitrogens with zero attached hydrogens (tertiary/aromatic N) is 1. The van der Waals surface area contributed by atoms with Crippen molar-refractivity contribution in [3.8, 4) is 5.75 Å². The first-order valence-electron chi connectivity index (χ1n) is 7.80. The maximum atomic E-state index is 13.2. The molecular weight excluding hydrogens is 362 g/mol. The molecule has 1 aromatic carbocycles. The Morgan fingerprint density at radius 1 is 1.28 bits per heavy atom. The number of hydrogen-bond donors (Lipinski definition) is 0. The average Bonchev–Trinajstić information content (AvgIpc) is 3.30. The summed E-state index contributed by atoms with van der Waals surface area (Å²) < 4.78 is 37.8. The number of esters is 1. The van der Waals surface area contributed by atoms with Gasteiger partial charge in [0.25, 0.3) is 0 Å². The summed E-state index contributed by atoms with van der Waals surface area (Å²) in [4.78, 5) is 12.0. The summed E-state index contributed by atoms with van der Waals surface area (Å²) >= 11 is 1.07. The first kappa shape index (κ1) is 17.9. The van der Waals surface area contributed by atoms with E-state index in [1.54, 1.807) is 12.5 Å². The highest BCUT2D eigenvalue weighted by atomic mass is 32.2. The monoisotopic (exact) mass is 381 g/mol. The molecule has 1 saturated heterocycles. The van der Waals surface area contributed by atoms with Crippen molar-refractivity contribution < 1.29 is 22.7 Å². The van der Waals surface area contributed by atoms with Crippen LogP contribution in [0.15, 0.2) is 40.6 Å². The third kappa shape index (κ3) is 3.29. The number of hydrogen-bond acceptors (Lipinski definition) is 6. The van der Waals surface area contributed by atoms with E-state index in [-0.39, 0.29) is 15.8 Å². The molecule has 0 saturated carbocycles. The zero-order valence-electron chi connectivity index (χ0n) is 14.0. The molecule has 0 bridgehead atoms. The Labute approximate surface area is 151 Å². The van der Waals surface area contributed by atoms with Gasteiger partial charge in [-0.2, -0.15) is 4.31 Å². The van der Waals surface area contributed by atoms with E-state index in [2.05, 4.69) is 0 Å². The Morgan fingerprint density at radius 2 is 2.08 bits per heavy atom. The minimum absolute atomic E-state index is 0.0131. The van der Waals surface area contributed by atoms with E-state index in [9.17, 15) is 13.2 Å². The van der Waals surface area contributed by atoms with E-state index in [1.165, 1.54) is 17.5 Å². The first-order chi connectivity index (χ1) is 12.0. The second-order valence-corrected chi connectivity index (χ2v) is 8.43. The fourth-order valence-electron chi connectivity index (χ4n) is 3.08. The van der Waals surface area contributed by atoms with Crippen LogP contribution in [0.3, 0.4) is 0 Å². The molecule has 1 fully saturated rings. The van der Waals surface area contributed by atoms with Crippen LogP contribution in [-0.4, -0.2) is 39.5 Å². The van der Waals surface area contributed by atoms with Crippen LogP contribution in [0.5, 0.6) is 5.75 Å². The molecular formula is C17H19NO5S2. The number of methoxy groups -OCH3 is 2. The fraction of sp³-hybridized carbons (Fsp3) is 0.353. The number of sulfonamides is 1. The molecule has 0 aliphatic carbocycles. The Balaban J connectivity index is 1.99. The van der Waals surface area contributed by atoms with Crippen molar-refractivity contribution in [3.63, 3.8) is 0 Å². The first-order valence-corrected chi connectivity index (χ1v) is 10.1. The van der Waals surface area contributed by atoms with Gasteiger partial charge in [-0.1, -0.05) is 12.1 Å². The molecule has 0 amide bonds. The molecule has 2 heterocycles. The molecule has 1 atom stereocenters. The predicted molar refractivity (Wildman–Crippen MR) is 94.5 cm³/mol. The molecule has 1 aromatic heterocycles. The molecule has 1 aliphatic rings. The van der Waals surface area contributed by atoms with Gasteiger partial charge in [0.15, 0.2) is 0 Å². The van der Waals surface area contributed by atoms with Gasteiger partial charge in [0, 0.05) is 6.54 Å². The second-order valence-electron chi connectivity index (χ2n) is 5.66. The highest BCUT2D eigenvalue weighted by Crippen LogP contribution is 2.39. The maximum Gasteiger partial charge on any atom is 0.349 e. The maximum absolute atomic E-state index is 13.2. The smallest absolute Gasteiger partial charge is 0.349 e. The lowest BCUT2D eigenvalue weighted by atomic mass is 10.1. The van der Waals surface area contributed by atoms with Gasteiger partial charge in [0.05, 0.1) is 20.3 Å². The topological polar surface area (TPSA) is 72.9 Å². The molecule has 25 heavy (non-hydrogen) atoms. The van der Waals surface area contributed by atoms with Gasteiger partial charge in [-0.25, -0.2) is 13.2 Å². The highest BCUT2D eigenvalue weighted by Gasteiger charge is 2.38. The third-order valence-corrected chi connectivity index (χ3v) is 7.24. The second kappa shape index (κ2) is 7.15. The van der Waals surface area contributed by atoms with Crippen LogP contribution in [0.4, 0.5) is 0 Å². The summed E-state index contributed by atoms with van der Waals surface area (Å²) in [6.07, 6.45) is 1.49. The van der Waals surface area contributed by atoms with E-state index in [0.717, 1.165) is 29.7 Å². The molecule has 134 valence electrons. The van der Waals surface area contributed by atoms with Crippen molar-refractivity contribution in [1.29, 1.82) is 0 Å². The van der Waals surface area contributed by atoms with Crippen LogP contribution in [0.2, 0.25) is 0 Å². The van der Waals surface area contributed by atoms with Crippen LogP contribution in [0.1, 0.15) is 34.1 Å². The van der Waals surface area contributed by atoms with Gasteiger partial charge < -0.3 is 9.47 Å². The summed E-state index contributed by atoms with van der Waals surface area (Å²) in [6, 6.07) is 8.62. The molecule has 0 spiro atoms. The molecule has 0 N–H and O–H groups in total. The normalized spacial score (nSPS) is 18.2. The fourth-order valence-corrected chi connectivity index (χ4v) is 6.07. The molecule has 2 aromatic rings. The summed E-state index contributed by atoms with van der Waals surface area (Å²) in [5, 5.41) is 1.59. The van der Waals surface area contributed by atoms with Gasteiger partial charge >= 0.3 is 5.97 Å². The molecule has 1 unspecified atom stereocenters. The van der Waals surface area contributed by atoms with Crippen molar-refractivity contribution in [3.05, 3.63) is 46.2 Å². The van der Waals surface area contributed by atoms with Gasteiger partial charge in [-0.3, -0.25) is 0 Å². The summed E-state index contributed by atoms with van der Waals surface area (Å²) in [7, 11) is -0.973. The summed E-state index contributed by atoms with van der Waals surface area (Å²) in [5.41, 5.74) is 0.885. The SMILES string of the molecule is COC(=O)c1sccc1S(=O)(=O)N1CCCC1c1cccc(OC)c1. The zero-order chi connectivity index (χ0) is 18.0. The standard InChI is InChI=1S/C17H19NO5S2/c1-22-13-6-3-5-12(11-13)14-7-4-9-18(14)25(20,21)15-8-10-24-16(15)17(19)23-2/h3,5-6,8,10-11,14H,4,7,9H2,1-2H3. The number of thiophene rings is 1. The Hall–Kier alpha value is -1.90. The van der Waals surface area contributed by atoms with E-state index >= 15 is 0 Å². The average molecular weight is 381 g/mol. The van der Waals surface area contributed by atoms with E-state index < -0.39 is 16.0 Å². The number of ether oxygens (including phenoxy) is 2. The summed E-state index contributed by atoms with van der Waals surface area (Å²) in [5.74, 6) is 0.0539. The van der Waals surface area contributed by atoms with E-state index in [0.29, 0.717) is 12.3 Å². The number of carbonyl (C=O) groups is 1. The van der Waals surface area contributed by atoms with Crippen molar-refractivity contribution in [1.82, 2.24) is 4.31 Å². The lowest BCUT2D eigenvalue weighted by Crippen LogP contribution is -2.31. The van der Waals surface area contributed by atoms with Crippen LogP contribution in [0.25, 0.3) is 0 Å². The molecule has 3 rings (SSSR count). The van der Waals surface area contributed by atoms with Gasteiger partial charge in [-0.15, -0.1) is 11.3 Å². The van der Waals surface area contributed by atoms with Crippen LogP contribution in [0, 0.1) is 0 Å². The van der Waals surface area contributed by atoms with Crippen molar-refractivity contribution in [2.75, 3.05) is 20.8 Å². The van der Waals surface area contributed by atoms with Gasteiger partial charge in [0.1, 0.15) is 15.5 Å². The van der Waals surface area contributed by atoms with Crippen LogP contribution >= 0.6 is 11.3 Å². The largest absolute Gasteiger partial charge is 0.497 e. The van der Waals surface area contributed by atoms with Gasteiger partial charge in [-0.05, 0) is 42.0 Å². The Kier molecular flexibility index (Phi) is 5.12. The van der Waals surface area contributed by atoms with E-state index in [1.807, 2.05) is 24.3 Å². The minimum Gasteiger partial charge on any atom is -0.497 e. The molecule has 1 aliphatic heterocycles. The Bertz CT molecular complexity index is 875. The minimum atomic E-state index is -3.80. The summed E-state index contributed by atoms with van der Waals surface area (Å²) in [6.45, 7) is 0.417. The Morgan fingerprint density at radius 3 is 2.80 bits per heavy atom. The van der Waals surface area contributed by atoms with Crippen molar-refractivity contribution in [2.24, 2.45) is 0 Å². The van der Waals surface area contributed by atoms with Gasteiger partial charge in [0.2, 0.25) is 10.0 Å². The molecule has 6 nitrogen and oxygen atoms in total. The van der Waals surface area contributed by atoms with Crippen LogP contribution < -0.4 is 4.74 Å². The lowest BCUT2D eigenvalue weighted by molar-refractivity contribution is 0.0602. The van der Waals surface area contributed by atoms with Crippen molar-refractivity contribution in [2.45, 2.75) is 23.8 Å². The zero-order valence-corrected chi connectivity index (χ0v) is 15.6. The van der Waals surface area contributed by atoms with Crippen molar-refractivity contribution >= 4 is 27.3 Å².